The van der Waals surface area contributed by atoms with Crippen LogP contribution in [0.15, 0.2) is 24.3 Å². The van der Waals surface area contributed by atoms with Crippen molar-refractivity contribution in [3.05, 3.63) is 29.8 Å². The molecule has 1 rings (SSSR count). The second-order valence-corrected chi connectivity index (χ2v) is 2.85. The summed E-state index contributed by atoms with van der Waals surface area (Å²) >= 11 is 0. The van der Waals surface area contributed by atoms with E-state index >= 15 is 0 Å². The van der Waals surface area contributed by atoms with Crippen LogP contribution in [0.2, 0.25) is 0 Å². The van der Waals surface area contributed by atoms with Gasteiger partial charge in [-0.25, -0.2) is 0 Å². The molecule has 0 fully saturated rings. The maximum atomic E-state index is 10.5. The molecule has 2 heteroatoms. The Labute approximate surface area is 78.5 Å². The smallest absolute Gasteiger partial charge is 0.206 e. The van der Waals surface area contributed by atoms with Crippen LogP contribution in [0.5, 0.6) is 5.75 Å². The molecule has 13 heavy (non-hydrogen) atoms. The van der Waals surface area contributed by atoms with Crippen LogP contribution in [0.25, 0.3) is 0 Å². The highest BCUT2D eigenvalue weighted by molar-refractivity contribution is 5.62. The molecule has 0 saturated heterocycles. The van der Waals surface area contributed by atoms with E-state index in [1.165, 1.54) is 0 Å². The Morgan fingerprint density at radius 3 is 2.38 bits per heavy atom. The van der Waals surface area contributed by atoms with Crippen molar-refractivity contribution < 1.29 is 9.53 Å². The minimum atomic E-state index is -0.106. The molecule has 1 aromatic rings. The van der Waals surface area contributed by atoms with Crippen LogP contribution < -0.4 is 4.74 Å². The molecule has 1 atom stereocenters. The topological polar surface area (TPSA) is 26.3 Å². The Morgan fingerprint density at radius 2 is 2.00 bits per heavy atom. The normalized spacial score (nSPS) is 12.2. The molecule has 1 unspecified atom stereocenters. The van der Waals surface area contributed by atoms with Gasteiger partial charge in [0, 0.05) is 0 Å². The third-order valence-corrected chi connectivity index (χ3v) is 2.07. The lowest BCUT2D eigenvalue weighted by Crippen LogP contribution is -1.97. The van der Waals surface area contributed by atoms with Crippen molar-refractivity contribution >= 4 is 6.29 Å². The second-order valence-electron chi connectivity index (χ2n) is 2.85. The first-order valence-electron chi connectivity index (χ1n) is 4.33. The summed E-state index contributed by atoms with van der Waals surface area (Å²) in [6.45, 7) is 1.97. The number of rotatable bonds is 4. The number of benzene rings is 1. The largest absolute Gasteiger partial charge is 0.497 e. The van der Waals surface area contributed by atoms with Crippen molar-refractivity contribution in [2.75, 3.05) is 7.11 Å². The fourth-order valence-corrected chi connectivity index (χ4v) is 1.22. The lowest BCUT2D eigenvalue weighted by molar-refractivity contribution is 0.414. The maximum Gasteiger partial charge on any atom is 0.206 e. The summed E-state index contributed by atoms with van der Waals surface area (Å²) in [4.78, 5) is 10.5. The zero-order chi connectivity index (χ0) is 9.68. The molecule has 0 saturated carbocycles. The van der Waals surface area contributed by atoms with E-state index in [-0.39, 0.29) is 5.92 Å². The van der Waals surface area contributed by atoms with Crippen LogP contribution in [0.4, 0.5) is 0 Å². The van der Waals surface area contributed by atoms with Gasteiger partial charge < -0.3 is 4.74 Å². The van der Waals surface area contributed by atoms with Crippen LogP contribution in [0, 0.1) is 0 Å². The lowest BCUT2D eigenvalue weighted by Gasteiger charge is -2.07. The molecule has 0 aliphatic carbocycles. The number of hydrogen-bond acceptors (Lipinski definition) is 2. The van der Waals surface area contributed by atoms with Gasteiger partial charge in [-0.3, -0.25) is 4.79 Å². The molecule has 0 N–H and O–H groups in total. The highest BCUT2D eigenvalue weighted by Gasteiger charge is 2.07. The molecule has 0 aliphatic heterocycles. The molecule has 0 aromatic heterocycles. The van der Waals surface area contributed by atoms with Gasteiger partial charge in [-0.2, -0.15) is 0 Å². The van der Waals surface area contributed by atoms with Gasteiger partial charge in [0.25, 0.3) is 0 Å². The molecule has 69 valence electrons. The van der Waals surface area contributed by atoms with Crippen molar-refractivity contribution in [3.8, 4) is 5.75 Å². The average Bonchev–Trinajstić information content (AvgIpc) is 2.21. The predicted octanol–water partition coefficient (Wildman–Crippen LogP) is 2.30. The highest BCUT2D eigenvalue weighted by atomic mass is 16.5. The SMILES string of the molecule is CCC([C]=O)c1ccc(OC)cc1. The van der Waals surface area contributed by atoms with Gasteiger partial charge >= 0.3 is 0 Å². The van der Waals surface area contributed by atoms with Crippen molar-refractivity contribution in [2.24, 2.45) is 0 Å². The first-order valence-corrected chi connectivity index (χ1v) is 4.33. The van der Waals surface area contributed by atoms with Gasteiger partial charge in [-0.1, -0.05) is 19.1 Å². The van der Waals surface area contributed by atoms with Gasteiger partial charge in [0.15, 0.2) is 0 Å². The van der Waals surface area contributed by atoms with E-state index in [9.17, 15) is 4.79 Å². The zero-order valence-electron chi connectivity index (χ0n) is 7.91. The van der Waals surface area contributed by atoms with Crippen molar-refractivity contribution in [1.82, 2.24) is 0 Å². The van der Waals surface area contributed by atoms with Crippen molar-refractivity contribution in [3.63, 3.8) is 0 Å². The summed E-state index contributed by atoms with van der Waals surface area (Å²) in [5, 5.41) is 0. The predicted molar refractivity (Wildman–Crippen MR) is 51.7 cm³/mol. The molecule has 1 radical (unpaired) electrons. The monoisotopic (exact) mass is 177 g/mol. The van der Waals surface area contributed by atoms with Gasteiger partial charge in [0.2, 0.25) is 6.29 Å². The number of hydrogen-bond donors (Lipinski definition) is 0. The van der Waals surface area contributed by atoms with E-state index in [0.717, 1.165) is 17.7 Å². The Bertz CT molecular complexity index is 264. The Kier molecular flexibility index (Phi) is 3.50. The molecular weight excluding hydrogens is 164 g/mol. The van der Waals surface area contributed by atoms with Crippen LogP contribution in [0.1, 0.15) is 24.8 Å². The minimum absolute atomic E-state index is 0.106. The molecule has 1 aromatic carbocycles. The summed E-state index contributed by atoms with van der Waals surface area (Å²) in [6, 6.07) is 7.51. The Morgan fingerprint density at radius 1 is 1.38 bits per heavy atom. The Hall–Kier alpha value is -1.31. The van der Waals surface area contributed by atoms with Crippen LogP contribution in [0.3, 0.4) is 0 Å². The van der Waals surface area contributed by atoms with E-state index in [4.69, 9.17) is 4.74 Å². The average molecular weight is 177 g/mol. The van der Waals surface area contributed by atoms with Crippen molar-refractivity contribution in [2.45, 2.75) is 19.3 Å². The lowest BCUT2D eigenvalue weighted by atomic mass is 9.98. The molecule has 0 spiro atoms. The number of ether oxygens (including phenoxy) is 1. The third kappa shape index (κ3) is 2.31. The summed E-state index contributed by atoms with van der Waals surface area (Å²) in [7, 11) is 1.62. The summed E-state index contributed by atoms with van der Waals surface area (Å²) in [5.74, 6) is 0.704. The van der Waals surface area contributed by atoms with Gasteiger partial charge in [0.1, 0.15) is 5.75 Å². The van der Waals surface area contributed by atoms with E-state index in [1.54, 1.807) is 7.11 Å². The fraction of sp³-hybridized carbons (Fsp3) is 0.364. The fourth-order valence-electron chi connectivity index (χ4n) is 1.22. The van der Waals surface area contributed by atoms with Crippen LogP contribution in [-0.4, -0.2) is 13.4 Å². The molecular formula is C11H13O2. The van der Waals surface area contributed by atoms with E-state index < -0.39 is 0 Å². The van der Waals surface area contributed by atoms with Gasteiger partial charge in [-0.15, -0.1) is 0 Å². The summed E-state index contributed by atoms with van der Waals surface area (Å²) in [5.41, 5.74) is 0.998. The van der Waals surface area contributed by atoms with Crippen LogP contribution in [-0.2, 0) is 4.79 Å². The quantitative estimate of drug-likeness (QED) is 0.705. The van der Waals surface area contributed by atoms with Gasteiger partial charge in [-0.05, 0) is 24.1 Å². The third-order valence-electron chi connectivity index (χ3n) is 2.07. The molecule has 0 amide bonds. The number of methoxy groups -OCH3 is 1. The van der Waals surface area contributed by atoms with E-state index in [1.807, 2.05) is 37.5 Å². The highest BCUT2D eigenvalue weighted by Crippen LogP contribution is 2.19. The summed E-state index contributed by atoms with van der Waals surface area (Å²) < 4.78 is 5.02. The Balaban J connectivity index is 2.83. The molecule has 0 heterocycles. The molecule has 2 nitrogen and oxygen atoms in total. The van der Waals surface area contributed by atoms with E-state index in [0.29, 0.717) is 0 Å². The zero-order valence-corrected chi connectivity index (χ0v) is 7.91. The van der Waals surface area contributed by atoms with E-state index in [2.05, 4.69) is 0 Å². The molecule has 0 bridgehead atoms. The second kappa shape index (κ2) is 4.65. The first kappa shape index (κ1) is 9.78. The van der Waals surface area contributed by atoms with Gasteiger partial charge in [0.05, 0.1) is 13.0 Å². The van der Waals surface area contributed by atoms with Crippen molar-refractivity contribution in [1.29, 1.82) is 0 Å². The summed E-state index contributed by atoms with van der Waals surface area (Å²) in [6.07, 6.45) is 2.80. The molecule has 0 aliphatic rings. The first-order chi connectivity index (χ1) is 6.31. The maximum absolute atomic E-state index is 10.5. The standard InChI is InChI=1S/C11H13O2/c1-3-9(8-12)10-4-6-11(13-2)7-5-10/h4-7,9H,3H2,1-2H3. The van der Waals surface area contributed by atoms with Crippen LogP contribution >= 0.6 is 0 Å². The number of carbonyl (C=O) groups excluding carboxylic acids is 1. The minimum Gasteiger partial charge on any atom is -0.497 e.